The first-order chi connectivity index (χ1) is 8.58. The molecule has 0 saturated carbocycles. The molecule has 100 valence electrons. The number of hydrogen-bond donors (Lipinski definition) is 1. The zero-order chi connectivity index (χ0) is 13.5. The van der Waals surface area contributed by atoms with Crippen LogP contribution in [0, 0.1) is 13.8 Å². The molecule has 0 aliphatic rings. The van der Waals surface area contributed by atoms with E-state index in [4.69, 9.17) is 9.47 Å². The zero-order valence-corrected chi connectivity index (χ0v) is 11.4. The molecule has 0 bridgehead atoms. The topological polar surface area (TPSA) is 47.6 Å². The summed E-state index contributed by atoms with van der Waals surface area (Å²) in [6, 6.07) is 4.02. The largest absolute Gasteiger partial charge is 0.465 e. The quantitative estimate of drug-likeness (QED) is 0.597. The molecule has 1 atom stereocenters. The predicted molar refractivity (Wildman–Crippen MR) is 70.5 cm³/mol. The van der Waals surface area contributed by atoms with Gasteiger partial charge < -0.3 is 14.8 Å². The van der Waals surface area contributed by atoms with Crippen LogP contribution in [-0.4, -0.2) is 19.3 Å². The van der Waals surface area contributed by atoms with Crippen LogP contribution in [0.1, 0.15) is 30.5 Å². The number of benzene rings is 1. The van der Waals surface area contributed by atoms with Crippen molar-refractivity contribution >= 4 is 6.41 Å². The highest BCUT2D eigenvalue weighted by atomic mass is 16.7. The minimum absolute atomic E-state index is 0.258. The second kappa shape index (κ2) is 7.01. The van der Waals surface area contributed by atoms with Crippen molar-refractivity contribution in [2.24, 2.45) is 0 Å². The monoisotopic (exact) mass is 251 g/mol. The van der Waals surface area contributed by atoms with Crippen LogP contribution in [0.5, 0.6) is 5.75 Å². The van der Waals surface area contributed by atoms with Crippen molar-refractivity contribution < 1.29 is 14.3 Å². The van der Waals surface area contributed by atoms with Crippen molar-refractivity contribution in [3.63, 3.8) is 0 Å². The lowest BCUT2D eigenvalue weighted by atomic mass is 10.1. The first kappa shape index (κ1) is 14.5. The summed E-state index contributed by atoms with van der Waals surface area (Å²) in [6.07, 6.45) is 0.443. The molecule has 0 aromatic heterocycles. The highest BCUT2D eigenvalue weighted by Crippen LogP contribution is 2.26. The molecule has 1 unspecified atom stereocenters. The standard InChI is InChI=1S/C14H21NO3/c1-5-17-12(4)18-14-10(2)6-13(7-11(14)3)8-15-9-16/h6-7,9,12H,5,8H2,1-4H3,(H,15,16). The highest BCUT2D eigenvalue weighted by molar-refractivity contribution is 5.48. The smallest absolute Gasteiger partial charge is 0.207 e. The van der Waals surface area contributed by atoms with Gasteiger partial charge in [0.2, 0.25) is 6.41 Å². The molecule has 4 heteroatoms. The maximum Gasteiger partial charge on any atom is 0.207 e. The number of ether oxygens (including phenoxy) is 2. The number of hydrogen-bond acceptors (Lipinski definition) is 3. The summed E-state index contributed by atoms with van der Waals surface area (Å²) in [5.41, 5.74) is 3.15. The van der Waals surface area contributed by atoms with Crippen LogP contribution in [-0.2, 0) is 16.1 Å². The van der Waals surface area contributed by atoms with Crippen molar-refractivity contribution in [3.05, 3.63) is 28.8 Å². The summed E-state index contributed by atoms with van der Waals surface area (Å²) in [5.74, 6) is 0.853. The van der Waals surface area contributed by atoms with E-state index in [1.54, 1.807) is 0 Å². The molecule has 0 saturated heterocycles. The minimum atomic E-state index is -0.258. The molecule has 18 heavy (non-hydrogen) atoms. The Morgan fingerprint density at radius 3 is 2.44 bits per heavy atom. The molecule has 0 aliphatic heterocycles. The Bertz CT molecular complexity index is 381. The number of aryl methyl sites for hydroxylation is 2. The molecule has 1 amide bonds. The van der Waals surface area contributed by atoms with Crippen molar-refractivity contribution in [2.75, 3.05) is 6.61 Å². The van der Waals surface area contributed by atoms with Crippen LogP contribution in [0.25, 0.3) is 0 Å². The Kier molecular flexibility index (Phi) is 5.65. The third-order valence-corrected chi connectivity index (χ3v) is 2.59. The molecule has 0 heterocycles. The molecule has 4 nitrogen and oxygen atoms in total. The molecule has 0 aliphatic carbocycles. The van der Waals surface area contributed by atoms with Crippen molar-refractivity contribution in [1.29, 1.82) is 0 Å². The van der Waals surface area contributed by atoms with E-state index in [0.29, 0.717) is 19.6 Å². The zero-order valence-electron chi connectivity index (χ0n) is 11.4. The molecular weight excluding hydrogens is 230 g/mol. The van der Waals surface area contributed by atoms with Crippen LogP contribution >= 0.6 is 0 Å². The van der Waals surface area contributed by atoms with E-state index in [0.717, 1.165) is 22.4 Å². The summed E-state index contributed by atoms with van der Waals surface area (Å²) in [4.78, 5) is 10.3. The number of carbonyl (C=O) groups excluding carboxylic acids is 1. The number of amides is 1. The van der Waals surface area contributed by atoms with E-state index < -0.39 is 0 Å². The molecule has 1 aromatic rings. The molecule has 1 aromatic carbocycles. The Hall–Kier alpha value is -1.55. The van der Waals surface area contributed by atoms with Gasteiger partial charge in [0.05, 0.1) is 0 Å². The average molecular weight is 251 g/mol. The van der Waals surface area contributed by atoms with Crippen LogP contribution in [0.15, 0.2) is 12.1 Å². The third kappa shape index (κ3) is 4.04. The van der Waals surface area contributed by atoms with Crippen LogP contribution < -0.4 is 10.1 Å². The summed E-state index contributed by atoms with van der Waals surface area (Å²) >= 11 is 0. The fraction of sp³-hybridized carbons (Fsp3) is 0.500. The minimum Gasteiger partial charge on any atom is -0.465 e. The van der Waals surface area contributed by atoms with Crippen LogP contribution in [0.4, 0.5) is 0 Å². The fourth-order valence-corrected chi connectivity index (χ4v) is 1.92. The first-order valence-corrected chi connectivity index (χ1v) is 6.13. The van der Waals surface area contributed by atoms with E-state index in [9.17, 15) is 4.79 Å². The molecule has 0 spiro atoms. The molecule has 1 N–H and O–H groups in total. The van der Waals surface area contributed by atoms with E-state index in [-0.39, 0.29) is 6.29 Å². The van der Waals surface area contributed by atoms with Gasteiger partial charge in [-0.25, -0.2) is 0 Å². The normalized spacial score (nSPS) is 12.0. The van der Waals surface area contributed by atoms with Gasteiger partial charge in [-0.05, 0) is 44.4 Å². The molecular formula is C14H21NO3. The van der Waals surface area contributed by atoms with Crippen molar-refractivity contribution in [3.8, 4) is 5.75 Å². The Morgan fingerprint density at radius 2 is 1.94 bits per heavy atom. The number of nitrogens with one attached hydrogen (secondary N) is 1. The van der Waals surface area contributed by atoms with Gasteiger partial charge >= 0.3 is 0 Å². The average Bonchev–Trinajstić information content (AvgIpc) is 2.31. The maximum atomic E-state index is 10.3. The number of carbonyl (C=O) groups is 1. The molecule has 1 rings (SSSR count). The van der Waals surface area contributed by atoms with E-state index in [1.807, 2.05) is 39.8 Å². The third-order valence-electron chi connectivity index (χ3n) is 2.59. The van der Waals surface area contributed by atoms with Gasteiger partial charge in [-0.2, -0.15) is 0 Å². The fourth-order valence-electron chi connectivity index (χ4n) is 1.92. The predicted octanol–water partition coefficient (Wildman–Crippen LogP) is 2.31. The lowest BCUT2D eigenvalue weighted by Gasteiger charge is -2.19. The van der Waals surface area contributed by atoms with Gasteiger partial charge in [0.1, 0.15) is 5.75 Å². The van der Waals surface area contributed by atoms with Crippen LogP contribution in [0.2, 0.25) is 0 Å². The van der Waals surface area contributed by atoms with Gasteiger partial charge in [-0.1, -0.05) is 12.1 Å². The second-order valence-electron chi connectivity index (χ2n) is 4.20. The Labute approximate surface area is 108 Å². The van der Waals surface area contributed by atoms with E-state index in [1.165, 1.54) is 0 Å². The lowest BCUT2D eigenvalue weighted by molar-refractivity contribution is -0.109. The second-order valence-corrected chi connectivity index (χ2v) is 4.20. The molecule has 0 radical (unpaired) electrons. The van der Waals surface area contributed by atoms with E-state index >= 15 is 0 Å². The van der Waals surface area contributed by atoms with Crippen LogP contribution in [0.3, 0.4) is 0 Å². The van der Waals surface area contributed by atoms with Gasteiger partial charge in [-0.3, -0.25) is 4.79 Å². The molecule has 0 fully saturated rings. The van der Waals surface area contributed by atoms with Gasteiger partial charge in [0.25, 0.3) is 0 Å². The Morgan fingerprint density at radius 1 is 1.33 bits per heavy atom. The maximum absolute atomic E-state index is 10.3. The lowest BCUT2D eigenvalue weighted by Crippen LogP contribution is -2.17. The van der Waals surface area contributed by atoms with E-state index in [2.05, 4.69) is 5.32 Å². The first-order valence-electron chi connectivity index (χ1n) is 6.13. The summed E-state index contributed by atoms with van der Waals surface area (Å²) < 4.78 is 11.1. The van der Waals surface area contributed by atoms with Crippen molar-refractivity contribution in [2.45, 2.75) is 40.5 Å². The number of rotatable bonds is 7. The SMILES string of the molecule is CCOC(C)Oc1c(C)cc(CNC=O)cc1C. The van der Waals surface area contributed by atoms with Crippen molar-refractivity contribution in [1.82, 2.24) is 5.32 Å². The Balaban J connectivity index is 2.83. The van der Waals surface area contributed by atoms with Gasteiger partial charge in [0, 0.05) is 13.2 Å². The summed E-state index contributed by atoms with van der Waals surface area (Å²) in [5, 5.41) is 2.65. The van der Waals surface area contributed by atoms with Gasteiger partial charge in [0.15, 0.2) is 6.29 Å². The summed E-state index contributed by atoms with van der Waals surface area (Å²) in [6.45, 7) is 8.96. The summed E-state index contributed by atoms with van der Waals surface area (Å²) in [7, 11) is 0. The highest BCUT2D eigenvalue weighted by Gasteiger charge is 2.10. The van der Waals surface area contributed by atoms with Gasteiger partial charge in [-0.15, -0.1) is 0 Å².